The van der Waals surface area contributed by atoms with Gasteiger partial charge in [0.2, 0.25) is 5.91 Å². The van der Waals surface area contributed by atoms with Crippen molar-refractivity contribution in [1.82, 2.24) is 5.32 Å². The standard InChI is InChI=1S/C14H27N2O5P/c1-10(17)13(15)14(19)16-7-12(18)9-22(20,21)8-11-5-3-2-4-6-11/h10-11,13,17,20-21H,2-9,15H2,1H3/p+1/t10-,13?/m0/s1. The van der Waals surface area contributed by atoms with Crippen molar-refractivity contribution in [3.05, 3.63) is 0 Å². The van der Waals surface area contributed by atoms with E-state index in [2.05, 4.69) is 5.32 Å². The number of hydrogen-bond donors (Lipinski definition) is 5. The highest BCUT2D eigenvalue weighted by Crippen LogP contribution is 2.52. The summed E-state index contributed by atoms with van der Waals surface area (Å²) in [4.78, 5) is 43.4. The minimum Gasteiger partial charge on any atom is -0.391 e. The first-order chi connectivity index (χ1) is 10.2. The van der Waals surface area contributed by atoms with Crippen molar-refractivity contribution in [2.45, 2.75) is 51.2 Å². The van der Waals surface area contributed by atoms with E-state index in [-0.39, 0.29) is 18.6 Å². The van der Waals surface area contributed by atoms with Crippen LogP contribution in [-0.2, 0) is 9.59 Å². The summed E-state index contributed by atoms with van der Waals surface area (Å²) in [5.74, 6) is -0.779. The van der Waals surface area contributed by atoms with E-state index in [9.17, 15) is 24.5 Å². The van der Waals surface area contributed by atoms with Gasteiger partial charge in [0, 0.05) is 0 Å². The molecule has 1 rings (SSSR count). The largest absolute Gasteiger partial charge is 0.391 e. The first-order valence-electron chi connectivity index (χ1n) is 7.77. The van der Waals surface area contributed by atoms with Gasteiger partial charge in [-0.1, -0.05) is 19.3 Å². The van der Waals surface area contributed by atoms with Gasteiger partial charge in [0.15, 0.2) is 11.9 Å². The zero-order valence-electron chi connectivity index (χ0n) is 13.1. The van der Waals surface area contributed by atoms with E-state index in [1.165, 1.54) is 13.3 Å². The lowest BCUT2D eigenvalue weighted by molar-refractivity contribution is -0.127. The molecule has 1 unspecified atom stereocenters. The molecule has 22 heavy (non-hydrogen) atoms. The summed E-state index contributed by atoms with van der Waals surface area (Å²) in [5.41, 5.74) is 5.43. The van der Waals surface area contributed by atoms with Gasteiger partial charge in [0.1, 0.15) is 12.2 Å². The van der Waals surface area contributed by atoms with Crippen molar-refractivity contribution < 1.29 is 24.5 Å². The third-order valence-corrected chi connectivity index (χ3v) is 5.95. The van der Waals surface area contributed by atoms with E-state index >= 15 is 0 Å². The van der Waals surface area contributed by atoms with Crippen molar-refractivity contribution in [3.63, 3.8) is 0 Å². The van der Waals surface area contributed by atoms with Crippen LogP contribution < -0.4 is 11.1 Å². The van der Waals surface area contributed by atoms with Crippen LogP contribution in [0.15, 0.2) is 0 Å². The highest BCUT2D eigenvalue weighted by atomic mass is 31.2. The number of ketones is 1. The molecule has 1 amide bonds. The maximum absolute atomic E-state index is 11.8. The molecular formula is C14H28N2O5P+. The van der Waals surface area contributed by atoms with Gasteiger partial charge in [-0.25, -0.2) is 9.79 Å². The summed E-state index contributed by atoms with van der Waals surface area (Å²) in [6, 6.07) is -1.10. The molecule has 0 bridgehead atoms. The van der Waals surface area contributed by atoms with Gasteiger partial charge in [-0.3, -0.25) is 9.59 Å². The van der Waals surface area contributed by atoms with E-state index in [0.29, 0.717) is 6.16 Å². The highest BCUT2D eigenvalue weighted by Gasteiger charge is 2.39. The third-order valence-electron chi connectivity index (χ3n) is 3.99. The molecule has 7 nitrogen and oxygen atoms in total. The van der Waals surface area contributed by atoms with Gasteiger partial charge in [0.05, 0.1) is 12.6 Å². The molecule has 0 aromatic heterocycles. The van der Waals surface area contributed by atoms with Gasteiger partial charge >= 0.3 is 0 Å². The number of aliphatic hydroxyl groups is 1. The van der Waals surface area contributed by atoms with Crippen molar-refractivity contribution in [1.29, 1.82) is 0 Å². The number of amides is 1. The van der Waals surface area contributed by atoms with Crippen LogP contribution in [0, 0.1) is 5.92 Å². The van der Waals surface area contributed by atoms with Crippen molar-refractivity contribution >= 4 is 19.4 Å². The van der Waals surface area contributed by atoms with Gasteiger partial charge in [-0.15, -0.1) is 0 Å². The molecule has 2 atom stereocenters. The lowest BCUT2D eigenvalue weighted by atomic mass is 9.91. The minimum atomic E-state index is -3.25. The van der Waals surface area contributed by atoms with Gasteiger partial charge < -0.3 is 16.2 Å². The van der Waals surface area contributed by atoms with Crippen LogP contribution in [0.5, 0.6) is 0 Å². The van der Waals surface area contributed by atoms with Gasteiger partial charge in [-0.05, 0) is 25.7 Å². The Morgan fingerprint density at radius 1 is 1.27 bits per heavy atom. The second kappa shape index (κ2) is 8.89. The van der Waals surface area contributed by atoms with E-state index in [4.69, 9.17) is 5.73 Å². The number of carbonyl (C=O) groups is 2. The molecule has 1 fully saturated rings. The quantitative estimate of drug-likeness (QED) is 0.390. The summed E-state index contributed by atoms with van der Waals surface area (Å²) in [6.07, 6.45) is 4.33. The lowest BCUT2D eigenvalue weighted by Crippen LogP contribution is -2.48. The fraction of sp³-hybridized carbons (Fsp3) is 0.857. The summed E-state index contributed by atoms with van der Waals surface area (Å²) >= 11 is 0. The molecule has 1 aliphatic carbocycles. The lowest BCUT2D eigenvalue weighted by Gasteiger charge is -2.23. The predicted octanol–water partition coefficient (Wildman–Crippen LogP) is -0.208. The molecule has 0 saturated heterocycles. The van der Waals surface area contributed by atoms with Crippen molar-refractivity contribution in [2.75, 3.05) is 18.9 Å². The number of aliphatic hydroxyl groups excluding tert-OH is 1. The highest BCUT2D eigenvalue weighted by molar-refractivity contribution is 7.65. The summed E-state index contributed by atoms with van der Waals surface area (Å²) in [5, 5.41) is 11.5. The van der Waals surface area contributed by atoms with Crippen LogP contribution in [0.2, 0.25) is 0 Å². The Balaban J connectivity index is 2.34. The average Bonchev–Trinajstić information content (AvgIpc) is 2.43. The zero-order chi connectivity index (χ0) is 16.8. The molecule has 1 aliphatic rings. The summed E-state index contributed by atoms with van der Waals surface area (Å²) in [6.45, 7) is 1.08. The predicted molar refractivity (Wildman–Crippen MR) is 85.3 cm³/mol. The molecule has 6 N–H and O–H groups in total. The van der Waals surface area contributed by atoms with E-state index in [1.54, 1.807) is 0 Å². The maximum Gasteiger partial charge on any atom is 0.275 e. The number of nitrogens with one attached hydrogen (secondary N) is 1. The molecule has 0 heterocycles. The molecule has 0 aromatic rings. The number of rotatable bonds is 8. The first-order valence-corrected chi connectivity index (χ1v) is 9.83. The Morgan fingerprint density at radius 3 is 2.41 bits per heavy atom. The number of carbonyl (C=O) groups excluding carboxylic acids is 2. The molecule has 0 spiro atoms. The molecule has 1 saturated carbocycles. The van der Waals surface area contributed by atoms with Crippen LogP contribution in [0.3, 0.4) is 0 Å². The average molecular weight is 335 g/mol. The fourth-order valence-electron chi connectivity index (χ4n) is 2.71. The summed E-state index contributed by atoms with van der Waals surface area (Å²) < 4.78 is 0. The fourth-order valence-corrected chi connectivity index (χ4v) is 4.71. The van der Waals surface area contributed by atoms with Crippen LogP contribution in [-0.4, -0.2) is 57.6 Å². The number of nitrogens with two attached hydrogens (primary N) is 1. The molecule has 0 aliphatic heterocycles. The van der Waals surface area contributed by atoms with Gasteiger partial charge in [-0.2, -0.15) is 0 Å². The van der Waals surface area contributed by atoms with E-state index < -0.39 is 31.6 Å². The second-order valence-electron chi connectivity index (χ2n) is 6.25. The van der Waals surface area contributed by atoms with Gasteiger partial charge in [0.25, 0.3) is 7.72 Å². The van der Waals surface area contributed by atoms with Crippen molar-refractivity contribution in [2.24, 2.45) is 11.7 Å². The minimum absolute atomic E-state index is 0.281. The zero-order valence-corrected chi connectivity index (χ0v) is 14.0. The Bertz CT molecular complexity index is 383. The van der Waals surface area contributed by atoms with Crippen LogP contribution >= 0.6 is 7.72 Å². The van der Waals surface area contributed by atoms with Crippen LogP contribution in [0.4, 0.5) is 0 Å². The first kappa shape index (κ1) is 19.5. The Hall–Kier alpha value is -0.590. The molecule has 0 radical (unpaired) electrons. The van der Waals surface area contributed by atoms with E-state index in [1.807, 2.05) is 0 Å². The Morgan fingerprint density at radius 2 is 1.86 bits per heavy atom. The smallest absolute Gasteiger partial charge is 0.275 e. The van der Waals surface area contributed by atoms with Crippen molar-refractivity contribution in [3.8, 4) is 0 Å². The van der Waals surface area contributed by atoms with E-state index in [0.717, 1.165) is 25.7 Å². The topological polar surface area (TPSA) is 133 Å². The monoisotopic (exact) mass is 335 g/mol. The van der Waals surface area contributed by atoms with Crippen LogP contribution in [0.1, 0.15) is 39.0 Å². The number of Topliss-reactive ketones (excluding diaryl/α,β-unsaturated/α-hetero) is 1. The molecular weight excluding hydrogens is 307 g/mol. The number of hydrogen-bond acceptors (Lipinski definition) is 6. The normalized spacial score (nSPS) is 19.5. The Labute approximate surface area is 131 Å². The van der Waals surface area contributed by atoms with Crippen LogP contribution in [0.25, 0.3) is 0 Å². The summed E-state index contributed by atoms with van der Waals surface area (Å²) in [7, 11) is -3.25. The second-order valence-corrected chi connectivity index (χ2v) is 8.69. The SMILES string of the molecule is C[C@H](O)C(N)C(=O)NCC(=O)C[P+](O)(O)CC1CCCCC1. The molecule has 128 valence electrons. The third kappa shape index (κ3) is 7.11. The molecule has 0 aromatic carbocycles. The maximum atomic E-state index is 11.8. The Kier molecular flexibility index (Phi) is 7.86. The molecule has 8 heteroatoms.